The predicted octanol–water partition coefficient (Wildman–Crippen LogP) is 5.89. The number of ether oxygens (including phenoxy) is 2. The summed E-state index contributed by atoms with van der Waals surface area (Å²) in [5.41, 5.74) is 3.36. The number of ketones is 1. The lowest BCUT2D eigenvalue weighted by Gasteiger charge is -2.35. The van der Waals surface area contributed by atoms with Crippen LogP contribution in [0.15, 0.2) is 60.7 Å². The summed E-state index contributed by atoms with van der Waals surface area (Å²) in [6, 6.07) is 16.3. The molecule has 2 fully saturated rings. The van der Waals surface area contributed by atoms with E-state index in [0.29, 0.717) is 25.2 Å². The Bertz CT molecular complexity index is 1040. The van der Waals surface area contributed by atoms with Crippen molar-refractivity contribution in [3.8, 4) is 16.9 Å². The lowest BCUT2D eigenvalue weighted by molar-refractivity contribution is -0.137. The van der Waals surface area contributed by atoms with Crippen LogP contribution in [-0.2, 0) is 20.9 Å². The molecular weight excluding hydrogens is 466 g/mol. The van der Waals surface area contributed by atoms with Gasteiger partial charge in [0.25, 0.3) is 0 Å². The van der Waals surface area contributed by atoms with Gasteiger partial charge in [-0.15, -0.1) is 0 Å². The van der Waals surface area contributed by atoms with Crippen molar-refractivity contribution in [3.05, 3.63) is 66.2 Å². The number of unbranched alkanes of at least 4 members (excludes halogenated alkanes) is 1. The first-order valence-corrected chi connectivity index (χ1v) is 13.5. The minimum absolute atomic E-state index is 0.0774. The van der Waals surface area contributed by atoms with Gasteiger partial charge < -0.3 is 14.6 Å². The van der Waals surface area contributed by atoms with Gasteiger partial charge in [-0.05, 0) is 74.0 Å². The second-order valence-corrected chi connectivity index (χ2v) is 10.1. The maximum atomic E-state index is 13.1. The largest absolute Gasteiger partial charge is 0.497 e. The molecule has 1 aliphatic heterocycles. The Kier molecular flexibility index (Phi) is 9.92. The molecule has 0 spiro atoms. The number of carbonyl (C=O) groups excluding carboxylic acids is 1. The number of likely N-dealkylation sites (tertiary alicyclic amines) is 1. The Morgan fingerprint density at radius 3 is 2.32 bits per heavy atom. The molecule has 2 aromatic rings. The van der Waals surface area contributed by atoms with Gasteiger partial charge in [0.2, 0.25) is 0 Å². The van der Waals surface area contributed by atoms with Gasteiger partial charge in [-0.2, -0.15) is 0 Å². The van der Waals surface area contributed by atoms with Crippen molar-refractivity contribution in [2.45, 2.75) is 70.1 Å². The molecule has 1 aliphatic carbocycles. The lowest BCUT2D eigenvalue weighted by Crippen LogP contribution is -2.46. The minimum Gasteiger partial charge on any atom is -0.497 e. The summed E-state index contributed by atoms with van der Waals surface area (Å²) in [5, 5.41) is 8.84. The highest BCUT2D eigenvalue weighted by Crippen LogP contribution is 2.35. The molecule has 2 aliphatic rings. The van der Waals surface area contributed by atoms with Crippen LogP contribution in [0, 0.1) is 5.92 Å². The zero-order chi connectivity index (χ0) is 26.0. The third-order valence-corrected chi connectivity index (χ3v) is 7.58. The van der Waals surface area contributed by atoms with Gasteiger partial charge in [-0.1, -0.05) is 55.0 Å². The number of carboxylic acid groups (broad SMARTS) is 1. The molecule has 6 nitrogen and oxygen atoms in total. The molecule has 198 valence electrons. The van der Waals surface area contributed by atoms with Crippen molar-refractivity contribution in [1.29, 1.82) is 0 Å². The zero-order valence-electron chi connectivity index (χ0n) is 21.8. The maximum absolute atomic E-state index is 13.1. The Balaban J connectivity index is 1.38. The van der Waals surface area contributed by atoms with E-state index >= 15 is 0 Å². The number of carbonyl (C=O) groups is 2. The SMILES string of the molecule is COc1ccc(-c2ccc(CO[C@H]3CC(=O)[C@H](N4CCCCC4)[C@H]3C/C=C\CCCC(=O)O)cc2)cc1. The fourth-order valence-electron chi connectivity index (χ4n) is 5.57. The highest BCUT2D eigenvalue weighted by Gasteiger charge is 2.45. The summed E-state index contributed by atoms with van der Waals surface area (Å²) >= 11 is 0. The maximum Gasteiger partial charge on any atom is 0.303 e. The zero-order valence-corrected chi connectivity index (χ0v) is 21.8. The van der Waals surface area contributed by atoms with Crippen LogP contribution in [0.5, 0.6) is 5.75 Å². The van der Waals surface area contributed by atoms with Gasteiger partial charge in [0.05, 0.1) is 25.9 Å². The average Bonchev–Trinajstić information content (AvgIpc) is 3.24. The molecule has 3 atom stereocenters. The number of benzene rings is 2. The van der Waals surface area contributed by atoms with E-state index in [0.717, 1.165) is 61.2 Å². The lowest BCUT2D eigenvalue weighted by atomic mass is 9.93. The van der Waals surface area contributed by atoms with Gasteiger partial charge in [0, 0.05) is 18.8 Å². The summed E-state index contributed by atoms with van der Waals surface area (Å²) in [5.74, 6) is 0.503. The highest BCUT2D eigenvalue weighted by atomic mass is 16.5. The van der Waals surface area contributed by atoms with Crippen LogP contribution in [0.1, 0.15) is 56.9 Å². The van der Waals surface area contributed by atoms with Crippen LogP contribution >= 0.6 is 0 Å². The Labute approximate surface area is 220 Å². The topological polar surface area (TPSA) is 76.1 Å². The molecule has 6 heteroatoms. The molecule has 1 saturated heterocycles. The van der Waals surface area contributed by atoms with E-state index in [1.54, 1.807) is 7.11 Å². The number of carboxylic acids is 1. The first kappa shape index (κ1) is 27.1. The van der Waals surface area contributed by atoms with E-state index in [1.165, 1.54) is 6.42 Å². The highest BCUT2D eigenvalue weighted by molar-refractivity contribution is 5.87. The van der Waals surface area contributed by atoms with Gasteiger partial charge in [-0.3, -0.25) is 14.5 Å². The molecule has 0 bridgehead atoms. The first-order chi connectivity index (χ1) is 18.0. The number of methoxy groups -OCH3 is 1. The number of rotatable bonds is 12. The van der Waals surface area contributed by atoms with Crippen molar-refractivity contribution >= 4 is 11.8 Å². The third-order valence-electron chi connectivity index (χ3n) is 7.58. The number of hydrogen-bond donors (Lipinski definition) is 1. The van der Waals surface area contributed by atoms with Gasteiger partial charge >= 0.3 is 5.97 Å². The minimum atomic E-state index is -0.759. The Morgan fingerprint density at radius 1 is 1.00 bits per heavy atom. The molecule has 1 N–H and O–H groups in total. The summed E-state index contributed by atoms with van der Waals surface area (Å²) in [4.78, 5) is 26.3. The molecule has 0 radical (unpaired) electrons. The third kappa shape index (κ3) is 7.53. The van der Waals surface area contributed by atoms with E-state index in [9.17, 15) is 9.59 Å². The van der Waals surface area contributed by atoms with E-state index in [4.69, 9.17) is 14.6 Å². The number of piperidine rings is 1. The van der Waals surface area contributed by atoms with Crippen molar-refractivity contribution in [1.82, 2.24) is 4.90 Å². The number of nitrogens with zero attached hydrogens (tertiary/aromatic N) is 1. The van der Waals surface area contributed by atoms with Crippen LogP contribution in [0.25, 0.3) is 11.1 Å². The Morgan fingerprint density at radius 2 is 1.68 bits per heavy atom. The quantitative estimate of drug-likeness (QED) is 0.286. The second kappa shape index (κ2) is 13.5. The molecule has 37 heavy (non-hydrogen) atoms. The normalized spacial score (nSPS) is 22.5. The van der Waals surface area contributed by atoms with Crippen LogP contribution in [0.2, 0.25) is 0 Å². The molecule has 0 unspecified atom stereocenters. The van der Waals surface area contributed by atoms with Gasteiger partial charge in [0.1, 0.15) is 5.75 Å². The van der Waals surface area contributed by atoms with Gasteiger partial charge in [0.15, 0.2) is 5.78 Å². The average molecular weight is 506 g/mol. The molecule has 0 aromatic heterocycles. The summed E-state index contributed by atoms with van der Waals surface area (Å²) in [6.45, 7) is 2.44. The molecule has 0 amide bonds. The number of hydrogen-bond acceptors (Lipinski definition) is 5. The van der Waals surface area contributed by atoms with Crippen LogP contribution in [0.3, 0.4) is 0 Å². The Hall–Kier alpha value is -2.96. The summed E-state index contributed by atoms with van der Waals surface area (Å²) in [7, 11) is 1.67. The van der Waals surface area contributed by atoms with Crippen LogP contribution in [-0.4, -0.2) is 54.1 Å². The van der Waals surface area contributed by atoms with Crippen LogP contribution in [0.4, 0.5) is 0 Å². The van der Waals surface area contributed by atoms with Crippen molar-refractivity contribution in [2.75, 3.05) is 20.2 Å². The van der Waals surface area contributed by atoms with Crippen molar-refractivity contribution < 1.29 is 24.2 Å². The molecule has 4 rings (SSSR count). The fraction of sp³-hybridized carbons (Fsp3) is 0.484. The summed E-state index contributed by atoms with van der Waals surface area (Å²) in [6.07, 6.45) is 10.4. The summed E-state index contributed by atoms with van der Waals surface area (Å²) < 4.78 is 11.7. The van der Waals surface area contributed by atoms with E-state index < -0.39 is 5.97 Å². The van der Waals surface area contributed by atoms with Crippen molar-refractivity contribution in [3.63, 3.8) is 0 Å². The number of allylic oxidation sites excluding steroid dienone is 2. The standard InChI is InChI=1S/C31H39NO5/c1-36-26-17-15-25(16-18-26)24-13-11-23(12-14-24)22-37-29-21-28(33)31(32-19-7-4-8-20-32)27(29)9-5-2-3-6-10-30(34)35/h2,5,11-18,27,29,31H,3-4,6-10,19-22H2,1H3,(H,34,35)/b5-2-/t27-,29-,31+/m0/s1. The molecular formula is C31H39NO5. The predicted molar refractivity (Wildman–Crippen MR) is 145 cm³/mol. The molecule has 2 aromatic carbocycles. The smallest absolute Gasteiger partial charge is 0.303 e. The molecule has 1 heterocycles. The first-order valence-electron chi connectivity index (χ1n) is 13.5. The molecule has 1 saturated carbocycles. The second-order valence-electron chi connectivity index (χ2n) is 10.1. The van der Waals surface area contributed by atoms with Gasteiger partial charge in [-0.25, -0.2) is 0 Å². The van der Waals surface area contributed by atoms with E-state index in [1.807, 2.05) is 12.1 Å². The number of Topliss-reactive ketones (excluding diaryl/α,β-unsaturated/α-hetero) is 1. The van der Waals surface area contributed by atoms with E-state index in [2.05, 4.69) is 53.5 Å². The number of aliphatic carboxylic acids is 1. The monoisotopic (exact) mass is 505 g/mol. The van der Waals surface area contributed by atoms with Crippen molar-refractivity contribution in [2.24, 2.45) is 5.92 Å². The van der Waals surface area contributed by atoms with Crippen LogP contribution < -0.4 is 4.74 Å². The van der Waals surface area contributed by atoms with E-state index in [-0.39, 0.29) is 24.5 Å². The fourth-order valence-corrected chi connectivity index (χ4v) is 5.57.